The maximum absolute atomic E-state index is 14.4. The number of carbonyl (C=O) groups excluding carboxylic acids is 3. The molecule has 2 atom stereocenters. The van der Waals surface area contributed by atoms with Crippen LogP contribution in [0, 0.1) is 18.8 Å². The number of hydrogen-bond donors (Lipinski definition) is 1. The number of hydrogen-bond acceptors (Lipinski definition) is 5. The smallest absolute Gasteiger partial charge is 0.243 e. The summed E-state index contributed by atoms with van der Waals surface area (Å²) in [7, 11) is 0. The van der Waals surface area contributed by atoms with Crippen LogP contribution in [-0.2, 0) is 22.7 Å². The van der Waals surface area contributed by atoms with Gasteiger partial charge in [0.2, 0.25) is 11.8 Å². The molecule has 2 aromatic heterocycles. The molecule has 5 rings (SSSR count). The lowest BCUT2D eigenvalue weighted by Crippen LogP contribution is -2.46. The van der Waals surface area contributed by atoms with E-state index in [1.165, 1.54) is 11.8 Å². The van der Waals surface area contributed by atoms with Gasteiger partial charge in [-0.05, 0) is 37.6 Å². The maximum Gasteiger partial charge on any atom is 0.243 e. The molecule has 4 aromatic rings. The summed E-state index contributed by atoms with van der Waals surface area (Å²) in [5, 5.41) is 3.48. The van der Waals surface area contributed by atoms with Gasteiger partial charge in [0, 0.05) is 53.6 Å². The Morgan fingerprint density at radius 2 is 1.77 bits per heavy atom. The molecule has 0 unspecified atom stereocenters. The normalized spacial score (nSPS) is 16.4. The van der Waals surface area contributed by atoms with Gasteiger partial charge in [-0.15, -0.1) is 0 Å². The van der Waals surface area contributed by atoms with Crippen LogP contribution in [-0.4, -0.2) is 55.8 Å². The molecule has 0 aliphatic carbocycles. The molecule has 1 saturated heterocycles. The van der Waals surface area contributed by atoms with Gasteiger partial charge in [0.1, 0.15) is 24.6 Å². The third-order valence-electron chi connectivity index (χ3n) is 6.88. The number of aromatic nitrogens is 3. The van der Waals surface area contributed by atoms with Crippen LogP contribution in [0.5, 0.6) is 0 Å². The summed E-state index contributed by atoms with van der Waals surface area (Å²) >= 11 is 0. The first-order valence-corrected chi connectivity index (χ1v) is 13.0. The number of carbonyl (C=O) groups is 3. The summed E-state index contributed by atoms with van der Waals surface area (Å²) in [6.45, 7) is 3.27. The van der Waals surface area contributed by atoms with E-state index < -0.39 is 18.1 Å². The van der Waals surface area contributed by atoms with Crippen molar-refractivity contribution in [1.82, 2.24) is 24.8 Å². The average molecular weight is 538 g/mol. The molecule has 1 aliphatic heterocycles. The maximum atomic E-state index is 14.4. The zero-order valence-corrected chi connectivity index (χ0v) is 22.2. The lowest BCUT2D eigenvalue weighted by atomic mass is 10.1. The Hall–Kier alpha value is -4.84. The first-order chi connectivity index (χ1) is 19.3. The number of Topliss-reactive ketones (excluding diaryl/α,β-unsaturated/α-hetero) is 1. The van der Waals surface area contributed by atoms with Crippen molar-refractivity contribution in [2.75, 3.05) is 6.54 Å². The molecule has 0 saturated carbocycles. The van der Waals surface area contributed by atoms with Crippen molar-refractivity contribution in [3.05, 3.63) is 95.2 Å². The summed E-state index contributed by atoms with van der Waals surface area (Å²) in [5.74, 6) is 5.80. The second-order valence-electron chi connectivity index (χ2n) is 9.83. The van der Waals surface area contributed by atoms with Crippen LogP contribution in [0.25, 0.3) is 10.9 Å². The molecule has 3 heterocycles. The Kier molecular flexibility index (Phi) is 7.69. The first kappa shape index (κ1) is 26.8. The molecule has 1 N–H and O–H groups in total. The van der Waals surface area contributed by atoms with Crippen molar-refractivity contribution in [3.63, 3.8) is 0 Å². The average Bonchev–Trinajstić information content (AvgIpc) is 3.52. The number of likely N-dealkylation sites (tertiary alicyclic amines) is 1. The second-order valence-corrected chi connectivity index (χ2v) is 9.83. The molecule has 202 valence electrons. The number of aryl methyl sites for hydroxylation is 1. The summed E-state index contributed by atoms with van der Waals surface area (Å²) < 4.78 is 16.1. The SMILES string of the molecule is CC(=O)c1cn(CC(=O)N2C[C@H](F)C[C@H]2C(=O)NCc2ccccc2)c2ccc(C#Cc3cnc(C)nc3)cc12. The van der Waals surface area contributed by atoms with E-state index in [2.05, 4.69) is 27.1 Å². The Balaban J connectivity index is 1.35. The fraction of sp³-hybridized carbons (Fsp3) is 0.258. The lowest BCUT2D eigenvalue weighted by molar-refractivity contribution is -0.139. The molecular weight excluding hydrogens is 509 g/mol. The third kappa shape index (κ3) is 5.91. The third-order valence-corrected chi connectivity index (χ3v) is 6.88. The highest BCUT2D eigenvalue weighted by Gasteiger charge is 2.39. The molecule has 1 aliphatic rings. The van der Waals surface area contributed by atoms with Gasteiger partial charge in [-0.25, -0.2) is 14.4 Å². The Labute approximate surface area is 231 Å². The minimum absolute atomic E-state index is 0.0501. The van der Waals surface area contributed by atoms with Gasteiger partial charge >= 0.3 is 0 Å². The van der Waals surface area contributed by atoms with Crippen LogP contribution >= 0.6 is 0 Å². The van der Waals surface area contributed by atoms with Crippen molar-refractivity contribution in [2.45, 2.75) is 45.6 Å². The minimum atomic E-state index is -1.29. The van der Waals surface area contributed by atoms with E-state index in [0.29, 0.717) is 40.0 Å². The Morgan fingerprint density at radius 3 is 2.50 bits per heavy atom. The van der Waals surface area contributed by atoms with Crippen LogP contribution in [0.2, 0.25) is 0 Å². The molecule has 0 bridgehead atoms. The van der Waals surface area contributed by atoms with Crippen molar-refractivity contribution in [2.24, 2.45) is 0 Å². The van der Waals surface area contributed by atoms with Gasteiger partial charge in [-0.1, -0.05) is 42.2 Å². The van der Waals surface area contributed by atoms with E-state index >= 15 is 0 Å². The molecule has 2 aromatic carbocycles. The number of benzene rings is 2. The standard InChI is InChI=1S/C31H28FN5O3/c1-20(38)27-18-36(28-11-10-22(12-26(27)28)8-9-24-15-33-21(2)34-16-24)19-30(39)37-17-25(32)13-29(37)31(40)35-14-23-6-4-3-5-7-23/h3-7,10-12,15-16,18,25,29H,13-14,17,19H2,1-2H3,(H,35,40)/t25-,29+/m1/s1. The van der Waals surface area contributed by atoms with Crippen molar-refractivity contribution < 1.29 is 18.8 Å². The molecule has 0 spiro atoms. The summed E-state index contributed by atoms with van der Waals surface area (Å²) in [6.07, 6.45) is 3.58. The molecule has 8 nitrogen and oxygen atoms in total. The van der Waals surface area contributed by atoms with Gasteiger partial charge in [-0.2, -0.15) is 0 Å². The van der Waals surface area contributed by atoms with Crippen molar-refractivity contribution in [1.29, 1.82) is 0 Å². The number of amides is 2. The minimum Gasteiger partial charge on any atom is -0.350 e. The van der Waals surface area contributed by atoms with Crippen molar-refractivity contribution in [3.8, 4) is 11.8 Å². The topological polar surface area (TPSA) is 97.2 Å². The number of alkyl halides is 1. The van der Waals surface area contributed by atoms with E-state index in [0.717, 1.165) is 5.56 Å². The van der Waals surface area contributed by atoms with Crippen LogP contribution in [0.1, 0.15) is 46.2 Å². The molecule has 0 radical (unpaired) electrons. The Morgan fingerprint density at radius 1 is 1.05 bits per heavy atom. The monoisotopic (exact) mass is 537 g/mol. The van der Waals surface area contributed by atoms with Crippen LogP contribution in [0.15, 0.2) is 67.1 Å². The predicted octanol–water partition coefficient (Wildman–Crippen LogP) is 3.60. The quantitative estimate of drug-likeness (QED) is 0.300. The van der Waals surface area contributed by atoms with Gasteiger partial charge < -0.3 is 14.8 Å². The van der Waals surface area contributed by atoms with E-state index in [-0.39, 0.29) is 31.2 Å². The van der Waals surface area contributed by atoms with E-state index in [1.54, 1.807) is 36.1 Å². The second kappa shape index (κ2) is 11.5. The van der Waals surface area contributed by atoms with Gasteiger partial charge in [0.25, 0.3) is 0 Å². The zero-order valence-electron chi connectivity index (χ0n) is 22.2. The van der Waals surface area contributed by atoms with E-state index in [9.17, 15) is 18.8 Å². The number of nitrogens with one attached hydrogen (secondary N) is 1. The van der Waals surface area contributed by atoms with Crippen LogP contribution in [0.4, 0.5) is 4.39 Å². The van der Waals surface area contributed by atoms with Crippen LogP contribution in [0.3, 0.4) is 0 Å². The van der Waals surface area contributed by atoms with Crippen molar-refractivity contribution >= 4 is 28.5 Å². The fourth-order valence-electron chi connectivity index (χ4n) is 4.84. The fourth-order valence-corrected chi connectivity index (χ4v) is 4.84. The summed E-state index contributed by atoms with van der Waals surface area (Å²) in [5.41, 5.74) is 3.39. The highest BCUT2D eigenvalue weighted by atomic mass is 19.1. The highest BCUT2D eigenvalue weighted by molar-refractivity contribution is 6.07. The molecule has 40 heavy (non-hydrogen) atoms. The predicted molar refractivity (Wildman–Crippen MR) is 148 cm³/mol. The molecule has 2 amide bonds. The molecule has 9 heteroatoms. The molecule has 1 fully saturated rings. The number of fused-ring (bicyclic) bond motifs is 1. The number of nitrogens with zero attached hydrogens (tertiary/aromatic N) is 4. The zero-order chi connectivity index (χ0) is 28.2. The lowest BCUT2D eigenvalue weighted by Gasteiger charge is -2.24. The number of halogens is 1. The van der Waals surface area contributed by atoms with Gasteiger partial charge in [-0.3, -0.25) is 14.4 Å². The summed E-state index contributed by atoms with van der Waals surface area (Å²) in [6, 6.07) is 13.9. The highest BCUT2D eigenvalue weighted by Crippen LogP contribution is 2.26. The van der Waals surface area contributed by atoms with E-state index in [4.69, 9.17) is 0 Å². The Bertz CT molecular complexity index is 1640. The summed E-state index contributed by atoms with van der Waals surface area (Å²) in [4.78, 5) is 48.3. The van der Waals surface area contributed by atoms with Gasteiger partial charge in [0.05, 0.1) is 12.1 Å². The largest absolute Gasteiger partial charge is 0.350 e. The molecular formula is C31H28FN5O3. The van der Waals surface area contributed by atoms with Gasteiger partial charge in [0.15, 0.2) is 5.78 Å². The first-order valence-electron chi connectivity index (χ1n) is 13.0. The van der Waals surface area contributed by atoms with E-state index in [1.807, 2.05) is 42.5 Å². The number of rotatable bonds is 6. The number of ketones is 1. The van der Waals surface area contributed by atoms with Crippen LogP contribution < -0.4 is 5.32 Å².